The minimum atomic E-state index is -0.203. The van der Waals surface area contributed by atoms with Crippen molar-refractivity contribution in [3.8, 4) is 11.8 Å². The summed E-state index contributed by atoms with van der Waals surface area (Å²) < 4.78 is 7.28. The van der Waals surface area contributed by atoms with E-state index in [-0.39, 0.29) is 12.5 Å². The molecule has 4 rings (SSSR count). The molecule has 2 heterocycles. The van der Waals surface area contributed by atoms with Crippen LogP contribution in [0.3, 0.4) is 0 Å². The number of benzene rings is 2. The fourth-order valence-electron chi connectivity index (χ4n) is 2.97. The van der Waals surface area contributed by atoms with Crippen molar-refractivity contribution in [3.05, 3.63) is 90.4 Å². The number of carbonyl (C=O) groups excluding carboxylic acids is 1. The molecule has 0 fully saturated rings. The normalized spacial score (nSPS) is 10.5. The molecule has 0 aliphatic rings. The van der Waals surface area contributed by atoms with Crippen LogP contribution < -0.4 is 10.1 Å². The van der Waals surface area contributed by atoms with Gasteiger partial charge in [-0.2, -0.15) is 5.26 Å². The highest BCUT2D eigenvalue weighted by atomic mass is 32.2. The molecule has 0 radical (unpaired) electrons. The molecule has 148 valence electrons. The molecule has 0 saturated carbocycles. The lowest BCUT2D eigenvalue weighted by Crippen LogP contribution is -2.13. The summed E-state index contributed by atoms with van der Waals surface area (Å²) in [7, 11) is 0. The zero-order valence-corrected chi connectivity index (χ0v) is 16.8. The van der Waals surface area contributed by atoms with Crippen molar-refractivity contribution in [1.29, 1.82) is 5.26 Å². The van der Waals surface area contributed by atoms with Crippen LogP contribution >= 0.6 is 11.8 Å². The number of fused-ring (bicyclic) bond motifs is 1. The molecular formula is C23H18N4O2S. The quantitative estimate of drug-likeness (QED) is 0.440. The van der Waals surface area contributed by atoms with Crippen molar-refractivity contribution in [1.82, 2.24) is 9.38 Å². The number of nitrogens with zero attached hydrogens (tertiary/aromatic N) is 3. The largest absolute Gasteiger partial charge is 0.479 e. The van der Waals surface area contributed by atoms with Gasteiger partial charge in [0.1, 0.15) is 17.5 Å². The van der Waals surface area contributed by atoms with E-state index in [1.807, 2.05) is 59.3 Å². The Balaban J connectivity index is 1.47. The van der Waals surface area contributed by atoms with Gasteiger partial charge in [0.25, 0.3) is 5.91 Å². The monoisotopic (exact) mass is 414 g/mol. The summed E-state index contributed by atoms with van der Waals surface area (Å²) in [6, 6.07) is 22.3. The summed E-state index contributed by atoms with van der Waals surface area (Å²) in [6.45, 7) is -0.0417. The molecule has 2 aromatic carbocycles. The lowest BCUT2D eigenvalue weighted by molar-refractivity contribution is 0.102. The maximum atomic E-state index is 12.9. The highest BCUT2D eigenvalue weighted by Gasteiger charge is 2.13. The first-order chi connectivity index (χ1) is 14.7. The van der Waals surface area contributed by atoms with Gasteiger partial charge in [-0.25, -0.2) is 4.98 Å². The molecule has 0 aliphatic carbocycles. The van der Waals surface area contributed by atoms with Crippen molar-refractivity contribution < 1.29 is 9.53 Å². The Morgan fingerprint density at radius 2 is 2.00 bits per heavy atom. The fourth-order valence-corrected chi connectivity index (χ4v) is 3.90. The number of nitriles is 1. The SMILES string of the molecule is N#CCOc1cccc(NC(=O)c2ccccc2SCc2cn3ccccc3n2)c1. The number of anilines is 1. The molecule has 0 saturated heterocycles. The zero-order valence-electron chi connectivity index (χ0n) is 16.0. The molecule has 2 aromatic heterocycles. The second kappa shape index (κ2) is 9.16. The van der Waals surface area contributed by atoms with Gasteiger partial charge in [-0.15, -0.1) is 11.8 Å². The van der Waals surface area contributed by atoms with E-state index in [0.717, 1.165) is 16.2 Å². The number of carbonyl (C=O) groups is 1. The summed E-state index contributed by atoms with van der Waals surface area (Å²) in [5, 5.41) is 11.5. The van der Waals surface area contributed by atoms with E-state index in [9.17, 15) is 4.79 Å². The Kier molecular flexibility index (Phi) is 5.97. The zero-order chi connectivity index (χ0) is 20.8. The number of aromatic nitrogens is 2. The van der Waals surface area contributed by atoms with Crippen molar-refractivity contribution in [2.24, 2.45) is 0 Å². The Morgan fingerprint density at radius 3 is 2.87 bits per heavy atom. The number of nitrogens with one attached hydrogen (secondary N) is 1. The number of imidazole rings is 1. The van der Waals surface area contributed by atoms with Gasteiger partial charge in [0.2, 0.25) is 0 Å². The van der Waals surface area contributed by atoms with E-state index in [4.69, 9.17) is 10.00 Å². The van der Waals surface area contributed by atoms with E-state index in [0.29, 0.717) is 22.8 Å². The van der Waals surface area contributed by atoms with Gasteiger partial charge in [-0.1, -0.05) is 24.3 Å². The number of thioether (sulfide) groups is 1. The number of hydrogen-bond acceptors (Lipinski definition) is 5. The van der Waals surface area contributed by atoms with Gasteiger partial charge in [0.05, 0.1) is 11.3 Å². The summed E-state index contributed by atoms with van der Waals surface area (Å²) in [5.74, 6) is 0.984. The number of hydrogen-bond donors (Lipinski definition) is 1. The van der Waals surface area contributed by atoms with Gasteiger partial charge in [-0.3, -0.25) is 4.79 Å². The fraction of sp³-hybridized carbons (Fsp3) is 0.0870. The highest BCUT2D eigenvalue weighted by molar-refractivity contribution is 7.98. The molecule has 7 heteroatoms. The second-order valence-corrected chi connectivity index (χ2v) is 7.43. The van der Waals surface area contributed by atoms with Gasteiger partial charge in [0, 0.05) is 34.8 Å². The van der Waals surface area contributed by atoms with Crippen LogP contribution in [-0.4, -0.2) is 21.9 Å². The molecule has 0 unspecified atom stereocenters. The Morgan fingerprint density at radius 1 is 1.13 bits per heavy atom. The predicted octanol–water partition coefficient (Wildman–Crippen LogP) is 4.78. The first kappa shape index (κ1) is 19.6. The number of amides is 1. The summed E-state index contributed by atoms with van der Waals surface area (Å²) in [6.07, 6.45) is 3.96. The maximum Gasteiger partial charge on any atom is 0.256 e. The third kappa shape index (κ3) is 4.62. The molecule has 1 amide bonds. The minimum Gasteiger partial charge on any atom is -0.479 e. The van der Waals surface area contributed by atoms with Crippen molar-refractivity contribution in [3.63, 3.8) is 0 Å². The Hall–Kier alpha value is -3.76. The average Bonchev–Trinajstić information content (AvgIpc) is 3.20. The van der Waals surface area contributed by atoms with E-state index in [1.165, 1.54) is 0 Å². The van der Waals surface area contributed by atoms with E-state index < -0.39 is 0 Å². The summed E-state index contributed by atoms with van der Waals surface area (Å²) >= 11 is 1.57. The van der Waals surface area contributed by atoms with Gasteiger partial charge < -0.3 is 14.5 Å². The van der Waals surface area contributed by atoms with Crippen LogP contribution in [0, 0.1) is 11.3 Å². The first-order valence-corrected chi connectivity index (χ1v) is 10.3. The maximum absolute atomic E-state index is 12.9. The molecule has 30 heavy (non-hydrogen) atoms. The van der Waals surface area contributed by atoms with Crippen LogP contribution in [0.4, 0.5) is 5.69 Å². The highest BCUT2D eigenvalue weighted by Crippen LogP contribution is 2.27. The molecule has 0 spiro atoms. The number of pyridine rings is 1. The van der Waals surface area contributed by atoms with Crippen molar-refractivity contribution in [2.45, 2.75) is 10.6 Å². The standard InChI is InChI=1S/C23H18N4O2S/c24-11-13-29-19-7-5-6-17(14-19)26-23(28)20-8-1-2-9-21(20)30-16-18-15-27-12-4-3-10-22(27)25-18/h1-10,12,14-15H,13,16H2,(H,26,28). The van der Waals surface area contributed by atoms with E-state index in [2.05, 4.69) is 10.3 Å². The van der Waals surface area contributed by atoms with Crippen LogP contribution in [0.15, 0.2) is 84.0 Å². The molecule has 6 nitrogen and oxygen atoms in total. The number of ether oxygens (including phenoxy) is 1. The van der Waals surface area contributed by atoms with Crippen LogP contribution in [0.1, 0.15) is 16.1 Å². The topological polar surface area (TPSA) is 79.4 Å². The molecule has 1 N–H and O–H groups in total. The smallest absolute Gasteiger partial charge is 0.256 e. The predicted molar refractivity (Wildman–Crippen MR) is 117 cm³/mol. The third-order valence-electron chi connectivity index (χ3n) is 4.32. The Labute approximate surface area is 178 Å². The van der Waals surface area contributed by atoms with Gasteiger partial charge in [0.15, 0.2) is 6.61 Å². The third-order valence-corrected chi connectivity index (χ3v) is 5.42. The average molecular weight is 414 g/mol. The van der Waals surface area contributed by atoms with Crippen molar-refractivity contribution in [2.75, 3.05) is 11.9 Å². The molecule has 0 bridgehead atoms. The van der Waals surface area contributed by atoms with Gasteiger partial charge in [-0.05, 0) is 36.4 Å². The first-order valence-electron chi connectivity index (χ1n) is 9.28. The number of rotatable bonds is 7. The molecule has 0 aliphatic heterocycles. The van der Waals surface area contributed by atoms with Crippen LogP contribution in [0.2, 0.25) is 0 Å². The lowest BCUT2D eigenvalue weighted by atomic mass is 10.2. The molecular weight excluding hydrogens is 396 g/mol. The van der Waals surface area contributed by atoms with Crippen LogP contribution in [0.25, 0.3) is 5.65 Å². The molecule has 0 atom stereocenters. The van der Waals surface area contributed by atoms with E-state index >= 15 is 0 Å². The minimum absolute atomic E-state index is 0.0417. The Bertz CT molecular complexity index is 1200. The van der Waals surface area contributed by atoms with Crippen LogP contribution in [-0.2, 0) is 5.75 Å². The summed E-state index contributed by atoms with van der Waals surface area (Å²) in [5.41, 5.74) is 3.05. The van der Waals surface area contributed by atoms with Gasteiger partial charge >= 0.3 is 0 Å². The van der Waals surface area contributed by atoms with E-state index in [1.54, 1.807) is 42.1 Å². The van der Waals surface area contributed by atoms with Crippen molar-refractivity contribution >= 4 is 29.0 Å². The molecule has 4 aromatic rings. The van der Waals surface area contributed by atoms with Crippen LogP contribution in [0.5, 0.6) is 5.75 Å². The summed E-state index contributed by atoms with van der Waals surface area (Å²) in [4.78, 5) is 18.4. The lowest BCUT2D eigenvalue weighted by Gasteiger charge is -2.10. The second-order valence-electron chi connectivity index (χ2n) is 6.41.